The monoisotopic (exact) mass is 338 g/mol. The fourth-order valence-electron chi connectivity index (χ4n) is 6.39. The van der Waals surface area contributed by atoms with E-state index in [9.17, 15) is 24.9 Å². The molecule has 0 aromatic rings. The van der Waals surface area contributed by atoms with E-state index in [0.717, 1.165) is 38.5 Å². The van der Waals surface area contributed by atoms with Gasteiger partial charge >= 0.3 is 11.9 Å². The van der Waals surface area contributed by atoms with E-state index in [2.05, 4.69) is 6.92 Å². The average Bonchev–Trinajstić information content (AvgIpc) is 2.50. The highest BCUT2D eigenvalue weighted by molar-refractivity contribution is 5.76. The van der Waals surface area contributed by atoms with Gasteiger partial charge in [0, 0.05) is 6.42 Å². The first-order valence-electron chi connectivity index (χ1n) is 9.31. The molecule has 0 aromatic heterocycles. The van der Waals surface area contributed by atoms with E-state index in [0.29, 0.717) is 18.3 Å². The number of carbonyl (C=O) groups is 2. The van der Waals surface area contributed by atoms with Crippen LogP contribution in [0.5, 0.6) is 0 Å². The van der Waals surface area contributed by atoms with Crippen molar-refractivity contribution in [2.75, 3.05) is 0 Å². The second kappa shape index (κ2) is 6.01. The molecular formula is C19H30O5. The Morgan fingerprint density at radius 1 is 1.04 bits per heavy atom. The molecule has 5 heteroatoms. The Balaban J connectivity index is 1.92. The summed E-state index contributed by atoms with van der Waals surface area (Å²) in [7, 11) is 0. The molecular weight excluding hydrogens is 308 g/mol. The van der Waals surface area contributed by atoms with Crippen LogP contribution in [0.25, 0.3) is 0 Å². The van der Waals surface area contributed by atoms with Gasteiger partial charge in [0.15, 0.2) is 0 Å². The highest BCUT2D eigenvalue weighted by Crippen LogP contribution is 2.63. The van der Waals surface area contributed by atoms with Crippen LogP contribution in [0.1, 0.15) is 65.2 Å². The van der Waals surface area contributed by atoms with Crippen LogP contribution in [0.2, 0.25) is 0 Å². The number of carboxylic acids is 2. The van der Waals surface area contributed by atoms with Crippen molar-refractivity contribution in [3.63, 3.8) is 0 Å². The van der Waals surface area contributed by atoms with Gasteiger partial charge in [0.25, 0.3) is 0 Å². The molecule has 0 unspecified atom stereocenters. The molecule has 136 valence electrons. The summed E-state index contributed by atoms with van der Waals surface area (Å²) in [6.45, 7) is 4.06. The zero-order valence-electron chi connectivity index (χ0n) is 14.7. The highest BCUT2D eigenvalue weighted by Gasteiger charge is 2.59. The summed E-state index contributed by atoms with van der Waals surface area (Å²) in [6.07, 6.45) is 5.70. The first-order valence-corrected chi connectivity index (χ1v) is 9.31. The van der Waals surface area contributed by atoms with Gasteiger partial charge in [-0.05, 0) is 81.0 Å². The van der Waals surface area contributed by atoms with Crippen molar-refractivity contribution in [2.24, 2.45) is 34.5 Å². The fourth-order valence-corrected chi connectivity index (χ4v) is 6.39. The van der Waals surface area contributed by atoms with E-state index in [1.165, 1.54) is 0 Å². The van der Waals surface area contributed by atoms with Crippen LogP contribution in [0.3, 0.4) is 0 Å². The molecule has 7 atom stereocenters. The summed E-state index contributed by atoms with van der Waals surface area (Å²) < 4.78 is 0. The number of carboxylic acid groups (broad SMARTS) is 2. The summed E-state index contributed by atoms with van der Waals surface area (Å²) in [4.78, 5) is 23.4. The Hall–Kier alpha value is -1.10. The first kappa shape index (κ1) is 17.7. The smallest absolute Gasteiger partial charge is 0.309 e. The summed E-state index contributed by atoms with van der Waals surface area (Å²) in [5, 5.41) is 29.2. The van der Waals surface area contributed by atoms with Gasteiger partial charge in [0.05, 0.1) is 11.5 Å². The molecule has 5 nitrogen and oxygen atoms in total. The molecule has 0 heterocycles. The lowest BCUT2D eigenvalue weighted by atomic mass is 9.44. The lowest BCUT2D eigenvalue weighted by molar-refractivity contribution is -0.172. The van der Waals surface area contributed by atoms with Crippen molar-refractivity contribution in [1.29, 1.82) is 0 Å². The van der Waals surface area contributed by atoms with Crippen LogP contribution >= 0.6 is 0 Å². The van der Waals surface area contributed by atoms with Crippen LogP contribution in [0, 0.1) is 34.5 Å². The van der Waals surface area contributed by atoms with Crippen LogP contribution in [-0.4, -0.2) is 33.4 Å². The Morgan fingerprint density at radius 2 is 1.75 bits per heavy atom. The second-order valence-corrected chi connectivity index (χ2v) is 8.94. The van der Waals surface area contributed by atoms with Gasteiger partial charge in [0.1, 0.15) is 0 Å². The lowest BCUT2D eigenvalue weighted by Crippen LogP contribution is -2.56. The van der Waals surface area contributed by atoms with Gasteiger partial charge in [-0.2, -0.15) is 0 Å². The van der Waals surface area contributed by atoms with E-state index in [1.54, 1.807) is 6.92 Å². The average molecular weight is 338 g/mol. The van der Waals surface area contributed by atoms with Crippen molar-refractivity contribution >= 4 is 11.9 Å². The Kier molecular flexibility index (Phi) is 4.44. The predicted octanol–water partition coefficient (Wildman–Crippen LogP) is 3.16. The largest absolute Gasteiger partial charge is 0.481 e. The van der Waals surface area contributed by atoms with E-state index in [4.69, 9.17) is 0 Å². The summed E-state index contributed by atoms with van der Waals surface area (Å²) in [5.74, 6) is -0.982. The fraction of sp³-hybridized carbons (Fsp3) is 0.895. The maximum absolute atomic E-state index is 11.9. The van der Waals surface area contributed by atoms with E-state index < -0.39 is 17.4 Å². The van der Waals surface area contributed by atoms with Gasteiger partial charge in [-0.3, -0.25) is 9.59 Å². The standard InChI is InChI=1S/C19H30O5/c1-18-7-5-12(20)9-11(18)3-4-13-14(18)6-8-19(2,17(23)24)15(13)10-16(21)22/h11-15,20H,3-10H2,1-2H3,(H,21,22)(H,23,24)/t11-,12-,13+,14-,15-,18-,19-/m0/s1. The highest BCUT2D eigenvalue weighted by atomic mass is 16.4. The van der Waals surface area contributed by atoms with Crippen molar-refractivity contribution in [1.82, 2.24) is 0 Å². The zero-order valence-corrected chi connectivity index (χ0v) is 14.7. The topological polar surface area (TPSA) is 94.8 Å². The molecule has 0 amide bonds. The summed E-state index contributed by atoms with van der Waals surface area (Å²) in [5.41, 5.74) is -0.810. The molecule has 0 bridgehead atoms. The zero-order chi connectivity index (χ0) is 17.7. The second-order valence-electron chi connectivity index (χ2n) is 8.94. The van der Waals surface area contributed by atoms with E-state index in [-0.39, 0.29) is 29.8 Å². The third-order valence-electron chi connectivity index (χ3n) is 7.91. The molecule has 3 aliphatic rings. The predicted molar refractivity (Wildman–Crippen MR) is 88.4 cm³/mol. The Bertz CT molecular complexity index is 532. The van der Waals surface area contributed by atoms with Crippen LogP contribution in [0.15, 0.2) is 0 Å². The minimum atomic E-state index is -0.934. The third-order valence-corrected chi connectivity index (χ3v) is 7.91. The number of fused-ring (bicyclic) bond motifs is 3. The van der Waals surface area contributed by atoms with E-state index in [1.807, 2.05) is 0 Å². The van der Waals surface area contributed by atoms with Gasteiger partial charge in [-0.15, -0.1) is 0 Å². The van der Waals surface area contributed by atoms with Gasteiger partial charge in [-0.1, -0.05) is 6.92 Å². The summed E-state index contributed by atoms with van der Waals surface area (Å²) >= 11 is 0. The van der Waals surface area contributed by atoms with Crippen molar-refractivity contribution in [3.8, 4) is 0 Å². The number of aliphatic carboxylic acids is 2. The molecule has 3 rings (SSSR count). The maximum Gasteiger partial charge on any atom is 0.309 e. The molecule has 0 saturated heterocycles. The maximum atomic E-state index is 11.9. The number of aliphatic hydroxyl groups excluding tert-OH is 1. The molecule has 3 aliphatic carbocycles. The van der Waals surface area contributed by atoms with Gasteiger partial charge in [-0.25, -0.2) is 0 Å². The molecule has 0 aliphatic heterocycles. The number of hydrogen-bond acceptors (Lipinski definition) is 3. The quantitative estimate of drug-likeness (QED) is 0.735. The minimum absolute atomic E-state index is 0.0483. The SMILES string of the molecule is C[C@]12CC[C@H](O)C[C@@H]1CC[C@@H]1[C@@H]2CC[C@](C)(C(=O)O)[C@H]1CC(=O)O. The van der Waals surface area contributed by atoms with Gasteiger partial charge in [0.2, 0.25) is 0 Å². The van der Waals surface area contributed by atoms with Crippen LogP contribution in [0.4, 0.5) is 0 Å². The number of rotatable bonds is 3. The molecule has 24 heavy (non-hydrogen) atoms. The molecule has 0 radical (unpaired) electrons. The Labute approximate surface area is 143 Å². The summed E-state index contributed by atoms with van der Waals surface area (Å²) in [6, 6.07) is 0. The van der Waals surface area contributed by atoms with E-state index >= 15 is 0 Å². The Morgan fingerprint density at radius 3 is 2.38 bits per heavy atom. The van der Waals surface area contributed by atoms with Crippen LogP contribution < -0.4 is 0 Å². The minimum Gasteiger partial charge on any atom is -0.481 e. The first-order chi connectivity index (χ1) is 11.2. The lowest BCUT2D eigenvalue weighted by Gasteiger charge is -2.60. The molecule has 3 fully saturated rings. The molecule has 3 saturated carbocycles. The number of aliphatic hydroxyl groups is 1. The van der Waals surface area contributed by atoms with Crippen molar-refractivity contribution < 1.29 is 24.9 Å². The molecule has 0 spiro atoms. The number of hydrogen-bond donors (Lipinski definition) is 3. The van der Waals surface area contributed by atoms with Crippen molar-refractivity contribution in [2.45, 2.75) is 71.3 Å². The molecule has 0 aromatic carbocycles. The molecule has 3 N–H and O–H groups in total. The normalized spacial score (nSPS) is 48.2. The van der Waals surface area contributed by atoms with Crippen LogP contribution in [-0.2, 0) is 9.59 Å². The van der Waals surface area contributed by atoms with Gasteiger partial charge < -0.3 is 15.3 Å². The third kappa shape index (κ3) is 2.65. The van der Waals surface area contributed by atoms with Crippen molar-refractivity contribution in [3.05, 3.63) is 0 Å².